The Labute approximate surface area is 114 Å². The first-order chi connectivity index (χ1) is 8.93. The Balaban J connectivity index is 2.32. The molecule has 4 nitrogen and oxygen atoms in total. The van der Waals surface area contributed by atoms with Crippen LogP contribution in [-0.2, 0) is 9.53 Å². The lowest BCUT2D eigenvalue weighted by Crippen LogP contribution is -2.57. The molecule has 0 bridgehead atoms. The van der Waals surface area contributed by atoms with Crippen molar-refractivity contribution in [2.75, 3.05) is 31.8 Å². The maximum Gasteiger partial charge on any atom is 0.239 e. The van der Waals surface area contributed by atoms with Crippen molar-refractivity contribution in [2.45, 2.75) is 20.8 Å². The monoisotopic (exact) mass is 263 g/mol. The minimum absolute atomic E-state index is 0.0763. The lowest BCUT2D eigenvalue weighted by atomic mass is 9.85. The maximum absolute atomic E-state index is 12.5. The van der Waals surface area contributed by atoms with Gasteiger partial charge in [0.2, 0.25) is 5.91 Å². The first-order valence-electron chi connectivity index (χ1n) is 6.46. The van der Waals surface area contributed by atoms with Gasteiger partial charge in [-0.3, -0.25) is 4.79 Å². The summed E-state index contributed by atoms with van der Waals surface area (Å²) >= 11 is 0. The molecule has 0 unspecified atom stereocenters. The Hall–Kier alpha value is -1.39. The number of carbonyl (C=O) groups is 1. The highest BCUT2D eigenvalue weighted by atomic mass is 16.5. The number of aliphatic hydroxyl groups is 1. The standard InChI is InChI=1S/C15H21NO3/c1-10-5-6-13(12(3)11(10)2)16(4)14(18)15(7-17)8-19-9-15/h5-6,17H,7-9H2,1-4H3. The zero-order valence-electron chi connectivity index (χ0n) is 12.0. The van der Waals surface area contributed by atoms with Crippen molar-refractivity contribution in [3.63, 3.8) is 0 Å². The number of hydrogen-bond donors (Lipinski definition) is 1. The molecule has 1 heterocycles. The van der Waals surface area contributed by atoms with Crippen LogP contribution < -0.4 is 4.90 Å². The van der Waals surface area contributed by atoms with E-state index in [4.69, 9.17) is 4.74 Å². The smallest absolute Gasteiger partial charge is 0.239 e. The van der Waals surface area contributed by atoms with E-state index in [-0.39, 0.29) is 12.5 Å². The number of amides is 1. The average Bonchev–Trinajstić information content (AvgIpc) is 2.34. The van der Waals surface area contributed by atoms with E-state index >= 15 is 0 Å². The lowest BCUT2D eigenvalue weighted by Gasteiger charge is -2.41. The molecular weight excluding hydrogens is 242 g/mol. The molecule has 0 atom stereocenters. The van der Waals surface area contributed by atoms with Crippen LogP contribution in [0, 0.1) is 26.2 Å². The summed E-state index contributed by atoms with van der Waals surface area (Å²) in [5.74, 6) is -0.0763. The lowest BCUT2D eigenvalue weighted by molar-refractivity contribution is -0.166. The summed E-state index contributed by atoms with van der Waals surface area (Å²) in [4.78, 5) is 14.2. The van der Waals surface area contributed by atoms with E-state index in [0.717, 1.165) is 11.3 Å². The highest BCUT2D eigenvalue weighted by Crippen LogP contribution is 2.33. The quantitative estimate of drug-likeness (QED) is 0.901. The number of aliphatic hydroxyl groups excluding tert-OH is 1. The minimum Gasteiger partial charge on any atom is -0.395 e. The third-order valence-electron chi connectivity index (χ3n) is 4.21. The van der Waals surface area contributed by atoms with E-state index in [9.17, 15) is 9.90 Å². The van der Waals surface area contributed by atoms with Crippen molar-refractivity contribution in [1.29, 1.82) is 0 Å². The maximum atomic E-state index is 12.5. The first kappa shape index (κ1) is 14.0. The van der Waals surface area contributed by atoms with Gasteiger partial charge in [0.1, 0.15) is 5.41 Å². The number of carbonyl (C=O) groups excluding carboxylic acids is 1. The van der Waals surface area contributed by atoms with E-state index in [0.29, 0.717) is 13.2 Å². The molecule has 1 aliphatic rings. The van der Waals surface area contributed by atoms with E-state index < -0.39 is 5.41 Å². The van der Waals surface area contributed by atoms with Gasteiger partial charge in [-0.25, -0.2) is 0 Å². The van der Waals surface area contributed by atoms with Crippen molar-refractivity contribution in [3.05, 3.63) is 28.8 Å². The van der Waals surface area contributed by atoms with Crippen molar-refractivity contribution >= 4 is 11.6 Å². The van der Waals surface area contributed by atoms with Gasteiger partial charge < -0.3 is 14.7 Å². The third kappa shape index (κ3) is 2.15. The van der Waals surface area contributed by atoms with Crippen LogP contribution in [0.5, 0.6) is 0 Å². The van der Waals surface area contributed by atoms with Crippen LogP contribution in [0.4, 0.5) is 5.69 Å². The molecule has 1 aromatic rings. The number of nitrogens with zero attached hydrogens (tertiary/aromatic N) is 1. The fourth-order valence-corrected chi connectivity index (χ4v) is 2.40. The number of hydrogen-bond acceptors (Lipinski definition) is 3. The summed E-state index contributed by atoms with van der Waals surface area (Å²) < 4.78 is 5.10. The molecule has 2 rings (SSSR count). The molecule has 1 aromatic carbocycles. The molecule has 1 amide bonds. The second-order valence-electron chi connectivity index (χ2n) is 5.45. The fraction of sp³-hybridized carbons (Fsp3) is 0.533. The molecule has 19 heavy (non-hydrogen) atoms. The number of ether oxygens (including phenoxy) is 1. The summed E-state index contributed by atoms with van der Waals surface area (Å²) in [6.07, 6.45) is 0. The van der Waals surface area contributed by atoms with Gasteiger partial charge in [0.15, 0.2) is 0 Å². The molecule has 0 saturated carbocycles. The van der Waals surface area contributed by atoms with E-state index in [1.807, 2.05) is 19.1 Å². The Morgan fingerprint density at radius 3 is 2.42 bits per heavy atom. The second kappa shape index (κ2) is 4.94. The minimum atomic E-state index is -0.750. The number of benzene rings is 1. The van der Waals surface area contributed by atoms with Crippen molar-refractivity contribution in [3.8, 4) is 0 Å². The first-order valence-corrected chi connectivity index (χ1v) is 6.46. The molecule has 0 spiro atoms. The Morgan fingerprint density at radius 2 is 1.95 bits per heavy atom. The van der Waals surface area contributed by atoms with Gasteiger partial charge in [-0.15, -0.1) is 0 Å². The van der Waals surface area contributed by atoms with Crippen LogP contribution in [0.15, 0.2) is 12.1 Å². The highest BCUT2D eigenvalue weighted by Gasteiger charge is 2.47. The van der Waals surface area contributed by atoms with Crippen molar-refractivity contribution < 1.29 is 14.6 Å². The van der Waals surface area contributed by atoms with Gasteiger partial charge in [0, 0.05) is 12.7 Å². The van der Waals surface area contributed by atoms with Gasteiger partial charge in [-0.2, -0.15) is 0 Å². The zero-order chi connectivity index (χ0) is 14.2. The van der Waals surface area contributed by atoms with Gasteiger partial charge in [-0.1, -0.05) is 6.07 Å². The van der Waals surface area contributed by atoms with Crippen LogP contribution in [0.2, 0.25) is 0 Å². The Kier molecular flexibility index (Phi) is 3.65. The molecule has 104 valence electrons. The average molecular weight is 263 g/mol. The molecule has 1 saturated heterocycles. The van der Waals surface area contributed by atoms with Gasteiger partial charge in [0.25, 0.3) is 0 Å². The summed E-state index contributed by atoms with van der Waals surface area (Å²) in [5, 5.41) is 9.44. The van der Waals surface area contributed by atoms with Gasteiger partial charge >= 0.3 is 0 Å². The predicted octanol–water partition coefficient (Wildman–Crippen LogP) is 1.58. The predicted molar refractivity (Wildman–Crippen MR) is 74.4 cm³/mol. The molecule has 1 aliphatic heterocycles. The molecule has 0 aromatic heterocycles. The largest absolute Gasteiger partial charge is 0.395 e. The molecular formula is C15H21NO3. The van der Waals surface area contributed by atoms with Crippen LogP contribution in [0.1, 0.15) is 16.7 Å². The fourth-order valence-electron chi connectivity index (χ4n) is 2.40. The normalized spacial score (nSPS) is 16.9. The van der Waals surface area contributed by atoms with Gasteiger partial charge in [-0.05, 0) is 43.5 Å². The van der Waals surface area contributed by atoms with Crippen molar-refractivity contribution in [1.82, 2.24) is 0 Å². The van der Waals surface area contributed by atoms with Crippen LogP contribution in [0.3, 0.4) is 0 Å². The van der Waals surface area contributed by atoms with Crippen LogP contribution >= 0.6 is 0 Å². The third-order valence-corrected chi connectivity index (χ3v) is 4.21. The summed E-state index contributed by atoms with van der Waals surface area (Å²) in [5.41, 5.74) is 3.66. The second-order valence-corrected chi connectivity index (χ2v) is 5.45. The molecule has 1 fully saturated rings. The zero-order valence-corrected chi connectivity index (χ0v) is 12.0. The molecule has 1 N–H and O–H groups in total. The number of aryl methyl sites for hydroxylation is 1. The Morgan fingerprint density at radius 1 is 1.32 bits per heavy atom. The number of rotatable bonds is 3. The summed E-state index contributed by atoms with van der Waals surface area (Å²) in [6.45, 7) is 6.57. The SMILES string of the molecule is Cc1ccc(N(C)C(=O)C2(CO)COC2)c(C)c1C. The van der Waals surface area contributed by atoms with Crippen molar-refractivity contribution in [2.24, 2.45) is 5.41 Å². The Bertz CT molecular complexity index is 501. The highest BCUT2D eigenvalue weighted by molar-refractivity contribution is 5.98. The van der Waals surface area contributed by atoms with E-state index in [1.165, 1.54) is 11.1 Å². The topological polar surface area (TPSA) is 49.8 Å². The van der Waals surface area contributed by atoms with Crippen LogP contribution in [-0.4, -0.2) is 37.9 Å². The number of anilines is 1. The van der Waals surface area contributed by atoms with E-state index in [1.54, 1.807) is 11.9 Å². The molecule has 0 aliphatic carbocycles. The van der Waals surface area contributed by atoms with Crippen LogP contribution in [0.25, 0.3) is 0 Å². The van der Waals surface area contributed by atoms with E-state index in [2.05, 4.69) is 13.8 Å². The molecule has 0 radical (unpaired) electrons. The molecule has 4 heteroatoms. The summed E-state index contributed by atoms with van der Waals surface area (Å²) in [7, 11) is 1.76. The van der Waals surface area contributed by atoms with Gasteiger partial charge in [0.05, 0.1) is 19.8 Å². The summed E-state index contributed by atoms with van der Waals surface area (Å²) in [6, 6.07) is 3.98.